The highest BCUT2D eigenvalue weighted by molar-refractivity contribution is 5.92. The van der Waals surface area contributed by atoms with E-state index in [2.05, 4.69) is 54.9 Å². The number of hydrogen-bond donors (Lipinski definition) is 0. The number of aryl methyl sites for hydroxylation is 1. The topological polar surface area (TPSA) is 49.6 Å². The molecule has 0 N–H and O–H groups in total. The van der Waals surface area contributed by atoms with Crippen molar-refractivity contribution in [3.63, 3.8) is 0 Å². The first-order valence-corrected chi connectivity index (χ1v) is 9.60. The number of aromatic nitrogens is 1. The molecule has 0 spiro atoms. The standard InChI is InChI=1S/C21H29N3O2/c1-4-17(3)24(13-18-10-6-5-9-16(18)2)14-20-22-19(15-26-20)21(25)23-11-7-8-12-23/h5-6,9-10,15,17H,4,7-8,11-14H2,1-3H3. The number of nitrogens with zero attached hydrogens (tertiary/aromatic N) is 3. The van der Waals surface area contributed by atoms with Crippen molar-refractivity contribution in [2.75, 3.05) is 13.1 Å². The van der Waals surface area contributed by atoms with Gasteiger partial charge in [-0.15, -0.1) is 0 Å². The zero-order valence-electron chi connectivity index (χ0n) is 16.1. The fourth-order valence-electron chi connectivity index (χ4n) is 3.37. The van der Waals surface area contributed by atoms with Gasteiger partial charge in [0.2, 0.25) is 5.89 Å². The van der Waals surface area contributed by atoms with Crippen LogP contribution >= 0.6 is 0 Å². The van der Waals surface area contributed by atoms with E-state index in [1.807, 2.05) is 4.90 Å². The molecule has 1 atom stereocenters. The number of benzene rings is 1. The summed E-state index contributed by atoms with van der Waals surface area (Å²) in [4.78, 5) is 21.2. The van der Waals surface area contributed by atoms with E-state index in [4.69, 9.17) is 4.42 Å². The third-order valence-electron chi connectivity index (χ3n) is 5.35. The van der Waals surface area contributed by atoms with Crippen LogP contribution in [0, 0.1) is 6.92 Å². The first-order valence-electron chi connectivity index (χ1n) is 9.60. The number of carbonyl (C=O) groups excluding carboxylic acids is 1. The highest BCUT2D eigenvalue weighted by Gasteiger charge is 2.23. The van der Waals surface area contributed by atoms with E-state index in [9.17, 15) is 4.79 Å². The van der Waals surface area contributed by atoms with Crippen LogP contribution in [0.2, 0.25) is 0 Å². The lowest BCUT2D eigenvalue weighted by Gasteiger charge is -2.27. The second-order valence-corrected chi connectivity index (χ2v) is 7.21. The van der Waals surface area contributed by atoms with Crippen LogP contribution in [0.5, 0.6) is 0 Å². The molecule has 0 aliphatic carbocycles. The van der Waals surface area contributed by atoms with Gasteiger partial charge in [-0.25, -0.2) is 4.98 Å². The summed E-state index contributed by atoms with van der Waals surface area (Å²) in [6.45, 7) is 9.66. The zero-order valence-corrected chi connectivity index (χ0v) is 16.1. The number of likely N-dealkylation sites (tertiary alicyclic amines) is 1. The van der Waals surface area contributed by atoms with Crippen molar-refractivity contribution in [2.24, 2.45) is 0 Å². The second kappa shape index (κ2) is 8.49. The summed E-state index contributed by atoms with van der Waals surface area (Å²) in [5.74, 6) is 0.605. The fourth-order valence-corrected chi connectivity index (χ4v) is 3.37. The highest BCUT2D eigenvalue weighted by atomic mass is 16.3. The first kappa shape index (κ1) is 18.6. The Balaban J connectivity index is 1.71. The maximum Gasteiger partial charge on any atom is 0.275 e. The Labute approximate surface area is 156 Å². The van der Waals surface area contributed by atoms with Crippen molar-refractivity contribution in [3.8, 4) is 0 Å². The summed E-state index contributed by atoms with van der Waals surface area (Å²) in [5.41, 5.74) is 3.03. The molecule has 5 nitrogen and oxygen atoms in total. The van der Waals surface area contributed by atoms with Gasteiger partial charge in [-0.3, -0.25) is 9.69 Å². The largest absolute Gasteiger partial charge is 0.447 e. The summed E-state index contributed by atoms with van der Waals surface area (Å²) >= 11 is 0. The van der Waals surface area contributed by atoms with Gasteiger partial charge < -0.3 is 9.32 Å². The van der Waals surface area contributed by atoms with Gasteiger partial charge in [0.25, 0.3) is 5.91 Å². The lowest BCUT2D eigenvalue weighted by Crippen LogP contribution is -2.32. The predicted molar refractivity (Wildman–Crippen MR) is 102 cm³/mol. The van der Waals surface area contributed by atoms with Crippen molar-refractivity contribution in [2.45, 2.75) is 59.2 Å². The van der Waals surface area contributed by atoms with Crippen LogP contribution in [0.4, 0.5) is 0 Å². The molecule has 5 heteroatoms. The van der Waals surface area contributed by atoms with Crippen molar-refractivity contribution in [1.29, 1.82) is 0 Å². The quantitative estimate of drug-likeness (QED) is 0.753. The van der Waals surface area contributed by atoms with Crippen LogP contribution in [-0.2, 0) is 13.1 Å². The van der Waals surface area contributed by atoms with Gasteiger partial charge in [0, 0.05) is 25.7 Å². The van der Waals surface area contributed by atoms with Gasteiger partial charge in [0.05, 0.1) is 6.54 Å². The number of rotatable bonds is 7. The van der Waals surface area contributed by atoms with E-state index in [0.717, 1.165) is 38.9 Å². The third kappa shape index (κ3) is 4.33. The number of oxazole rings is 1. The van der Waals surface area contributed by atoms with Crippen molar-refractivity contribution < 1.29 is 9.21 Å². The van der Waals surface area contributed by atoms with Crippen LogP contribution < -0.4 is 0 Å². The van der Waals surface area contributed by atoms with Crippen molar-refractivity contribution in [1.82, 2.24) is 14.8 Å². The van der Waals surface area contributed by atoms with Crippen LogP contribution in [0.15, 0.2) is 34.9 Å². The first-order chi connectivity index (χ1) is 12.6. The summed E-state index contributed by atoms with van der Waals surface area (Å²) < 4.78 is 5.64. The van der Waals surface area contributed by atoms with E-state index < -0.39 is 0 Å². The molecule has 0 radical (unpaired) electrons. The SMILES string of the molecule is CCC(C)N(Cc1nc(C(=O)N2CCCC2)co1)Cc1ccccc1C. The Morgan fingerprint density at radius 2 is 2.00 bits per heavy atom. The molecule has 0 saturated carbocycles. The average Bonchev–Trinajstić information content (AvgIpc) is 3.33. The third-order valence-corrected chi connectivity index (χ3v) is 5.35. The van der Waals surface area contributed by atoms with E-state index in [0.29, 0.717) is 24.2 Å². The number of hydrogen-bond acceptors (Lipinski definition) is 4. The van der Waals surface area contributed by atoms with E-state index in [1.165, 1.54) is 17.4 Å². The molecule has 2 aromatic rings. The van der Waals surface area contributed by atoms with E-state index in [-0.39, 0.29) is 5.91 Å². The number of amides is 1. The molecule has 1 amide bonds. The molecule has 26 heavy (non-hydrogen) atoms. The van der Waals surface area contributed by atoms with Gasteiger partial charge in [-0.1, -0.05) is 31.2 Å². The zero-order chi connectivity index (χ0) is 18.5. The number of carbonyl (C=O) groups is 1. The van der Waals surface area contributed by atoms with Gasteiger partial charge in [-0.2, -0.15) is 0 Å². The molecule has 1 fully saturated rings. The molecule has 1 aliphatic heterocycles. The predicted octanol–water partition coefficient (Wildman–Crippen LogP) is 4.02. The summed E-state index contributed by atoms with van der Waals surface area (Å²) in [6.07, 6.45) is 4.72. The summed E-state index contributed by atoms with van der Waals surface area (Å²) in [7, 11) is 0. The van der Waals surface area contributed by atoms with Gasteiger partial charge in [0.1, 0.15) is 6.26 Å². The maximum absolute atomic E-state index is 12.5. The molecular weight excluding hydrogens is 326 g/mol. The minimum atomic E-state index is -0.00788. The average molecular weight is 355 g/mol. The molecular formula is C21H29N3O2. The minimum absolute atomic E-state index is 0.00788. The molecule has 1 aliphatic rings. The Hall–Kier alpha value is -2.14. The normalized spacial score (nSPS) is 15.6. The molecule has 3 rings (SSSR count). The molecule has 2 heterocycles. The molecule has 1 aromatic heterocycles. The van der Waals surface area contributed by atoms with Crippen LogP contribution in [0.25, 0.3) is 0 Å². The van der Waals surface area contributed by atoms with E-state index in [1.54, 1.807) is 0 Å². The monoisotopic (exact) mass is 355 g/mol. The lowest BCUT2D eigenvalue weighted by atomic mass is 10.1. The van der Waals surface area contributed by atoms with Crippen LogP contribution in [0.1, 0.15) is 60.6 Å². The minimum Gasteiger partial charge on any atom is -0.447 e. The van der Waals surface area contributed by atoms with Crippen LogP contribution in [0.3, 0.4) is 0 Å². The Bertz CT molecular complexity index is 734. The molecule has 1 aromatic carbocycles. The Morgan fingerprint density at radius 1 is 1.27 bits per heavy atom. The Kier molecular flexibility index (Phi) is 6.09. The molecule has 1 unspecified atom stereocenters. The van der Waals surface area contributed by atoms with Gasteiger partial charge in [0.15, 0.2) is 5.69 Å². The molecule has 0 bridgehead atoms. The molecule has 1 saturated heterocycles. The molecule has 140 valence electrons. The fraction of sp³-hybridized carbons (Fsp3) is 0.524. The maximum atomic E-state index is 12.5. The summed E-state index contributed by atoms with van der Waals surface area (Å²) in [6, 6.07) is 8.86. The smallest absolute Gasteiger partial charge is 0.275 e. The van der Waals surface area contributed by atoms with Gasteiger partial charge >= 0.3 is 0 Å². The highest BCUT2D eigenvalue weighted by Crippen LogP contribution is 2.18. The van der Waals surface area contributed by atoms with Crippen molar-refractivity contribution in [3.05, 3.63) is 53.2 Å². The van der Waals surface area contributed by atoms with Gasteiger partial charge in [-0.05, 0) is 44.2 Å². The van der Waals surface area contributed by atoms with E-state index >= 15 is 0 Å². The van der Waals surface area contributed by atoms with Crippen molar-refractivity contribution >= 4 is 5.91 Å². The van der Waals surface area contributed by atoms with Crippen LogP contribution in [-0.4, -0.2) is 39.8 Å². The Morgan fingerprint density at radius 3 is 2.69 bits per heavy atom. The lowest BCUT2D eigenvalue weighted by molar-refractivity contribution is 0.0787. The summed E-state index contributed by atoms with van der Waals surface area (Å²) in [5, 5.41) is 0. The second-order valence-electron chi connectivity index (χ2n) is 7.21.